The van der Waals surface area contributed by atoms with E-state index in [1.54, 1.807) is 14.0 Å². The Morgan fingerprint density at radius 1 is 1.53 bits per heavy atom. The van der Waals surface area contributed by atoms with Gasteiger partial charge in [0.25, 0.3) is 0 Å². The number of anilines is 1. The van der Waals surface area contributed by atoms with Crippen molar-refractivity contribution in [2.45, 2.75) is 24.3 Å². The first-order chi connectivity index (χ1) is 7.95. The van der Waals surface area contributed by atoms with E-state index >= 15 is 0 Å². The topological polar surface area (TPSA) is 94.3 Å². The fourth-order valence-electron chi connectivity index (χ4n) is 1.24. The van der Waals surface area contributed by atoms with Crippen molar-refractivity contribution in [3.63, 3.8) is 0 Å². The first-order valence-corrected chi connectivity index (χ1v) is 6.67. The maximum atomic E-state index is 11.9. The zero-order valence-corrected chi connectivity index (χ0v) is 10.7. The first-order valence-electron chi connectivity index (χ1n) is 5.18. The van der Waals surface area contributed by atoms with E-state index in [2.05, 4.69) is 9.71 Å². The number of nitrogens with zero attached hydrogens (tertiary/aromatic N) is 1. The van der Waals surface area contributed by atoms with Crippen molar-refractivity contribution in [1.82, 2.24) is 9.71 Å². The van der Waals surface area contributed by atoms with Crippen molar-refractivity contribution >= 4 is 15.8 Å². The lowest BCUT2D eigenvalue weighted by Crippen LogP contribution is -2.33. The number of nitrogens with two attached hydrogens (primary N) is 1. The summed E-state index contributed by atoms with van der Waals surface area (Å²) in [5, 5.41) is 0. The molecule has 0 saturated heterocycles. The lowest BCUT2D eigenvalue weighted by molar-refractivity contribution is 0.188. The number of nitrogen functional groups attached to an aromatic ring is 1. The molecule has 1 atom stereocenters. The van der Waals surface area contributed by atoms with Crippen molar-refractivity contribution in [1.29, 1.82) is 0 Å². The molecule has 0 aromatic carbocycles. The molecule has 0 fully saturated rings. The average Bonchev–Trinajstić information content (AvgIpc) is 2.26. The predicted molar refractivity (Wildman–Crippen MR) is 64.9 cm³/mol. The summed E-state index contributed by atoms with van der Waals surface area (Å²) < 4.78 is 31.2. The molecule has 96 valence electrons. The minimum atomic E-state index is -3.53. The fraction of sp³-hybridized carbons (Fsp3) is 0.500. The third-order valence-corrected chi connectivity index (χ3v) is 3.76. The minimum absolute atomic E-state index is 0.107. The van der Waals surface area contributed by atoms with Gasteiger partial charge < -0.3 is 10.5 Å². The van der Waals surface area contributed by atoms with Crippen LogP contribution in [0.25, 0.3) is 0 Å². The number of hydrogen-bond donors (Lipinski definition) is 2. The Balaban J connectivity index is 2.71. The van der Waals surface area contributed by atoms with Crippen LogP contribution in [0.3, 0.4) is 0 Å². The summed E-state index contributed by atoms with van der Waals surface area (Å²) in [5.41, 5.74) is 5.39. The van der Waals surface area contributed by atoms with E-state index in [0.717, 1.165) is 0 Å². The molecule has 0 aliphatic heterocycles. The van der Waals surface area contributed by atoms with Crippen molar-refractivity contribution in [2.75, 3.05) is 19.5 Å². The van der Waals surface area contributed by atoms with Gasteiger partial charge in [0.2, 0.25) is 10.0 Å². The summed E-state index contributed by atoms with van der Waals surface area (Å²) in [6.45, 7) is 2.28. The Hall–Kier alpha value is -1.18. The largest absolute Gasteiger partial charge is 0.385 e. The number of hydrogen-bond acceptors (Lipinski definition) is 5. The molecule has 17 heavy (non-hydrogen) atoms. The predicted octanol–water partition coefficient (Wildman–Crippen LogP) is 0.367. The zero-order chi connectivity index (χ0) is 12.9. The van der Waals surface area contributed by atoms with Gasteiger partial charge in [-0.3, -0.25) is 0 Å². The van der Waals surface area contributed by atoms with Crippen LogP contribution in [-0.4, -0.2) is 33.2 Å². The van der Waals surface area contributed by atoms with Gasteiger partial charge in [-0.25, -0.2) is 18.1 Å². The molecule has 0 bridgehead atoms. The molecule has 0 aliphatic carbocycles. The van der Waals surface area contributed by atoms with E-state index in [4.69, 9.17) is 10.5 Å². The summed E-state index contributed by atoms with van der Waals surface area (Å²) in [6, 6.07) is 2.68. The van der Waals surface area contributed by atoms with Gasteiger partial charge in [-0.15, -0.1) is 0 Å². The van der Waals surface area contributed by atoms with Gasteiger partial charge in [-0.2, -0.15) is 0 Å². The van der Waals surface area contributed by atoms with E-state index in [1.807, 2.05) is 0 Å². The number of aromatic nitrogens is 1. The quantitative estimate of drug-likeness (QED) is 0.769. The van der Waals surface area contributed by atoms with Gasteiger partial charge in [0.05, 0.1) is 0 Å². The molecule has 0 radical (unpaired) electrons. The van der Waals surface area contributed by atoms with Gasteiger partial charge in [-0.1, -0.05) is 0 Å². The lowest BCUT2D eigenvalue weighted by Gasteiger charge is -2.13. The third kappa shape index (κ3) is 4.29. The molecule has 3 N–H and O–H groups in total. The Morgan fingerprint density at radius 3 is 2.76 bits per heavy atom. The number of ether oxygens (including phenoxy) is 1. The molecule has 1 heterocycles. The van der Waals surface area contributed by atoms with Gasteiger partial charge in [0, 0.05) is 26.0 Å². The maximum absolute atomic E-state index is 11.9. The number of methoxy groups -OCH3 is 1. The molecule has 1 rings (SSSR count). The van der Waals surface area contributed by atoms with Gasteiger partial charge in [0.15, 0.2) is 0 Å². The Bertz CT molecular complexity index is 444. The van der Waals surface area contributed by atoms with Crippen LogP contribution in [0.1, 0.15) is 13.3 Å². The molecular weight excluding hydrogens is 242 g/mol. The summed E-state index contributed by atoms with van der Waals surface area (Å²) in [6.07, 6.45) is 1.85. The second-order valence-electron chi connectivity index (χ2n) is 3.72. The van der Waals surface area contributed by atoms with Crippen molar-refractivity contribution in [3.05, 3.63) is 18.3 Å². The summed E-state index contributed by atoms with van der Waals surface area (Å²) in [4.78, 5) is 3.86. The van der Waals surface area contributed by atoms with Gasteiger partial charge >= 0.3 is 0 Å². The van der Waals surface area contributed by atoms with Crippen LogP contribution < -0.4 is 10.5 Å². The van der Waals surface area contributed by atoms with Crippen LogP contribution in [0.4, 0.5) is 5.82 Å². The second kappa shape index (κ2) is 5.95. The fourth-order valence-corrected chi connectivity index (χ4v) is 2.46. The Labute approximate surface area is 101 Å². The summed E-state index contributed by atoms with van der Waals surface area (Å²) >= 11 is 0. The van der Waals surface area contributed by atoms with Gasteiger partial charge in [0.1, 0.15) is 10.7 Å². The molecule has 1 aromatic heterocycles. The summed E-state index contributed by atoms with van der Waals surface area (Å²) in [7, 11) is -1.96. The highest BCUT2D eigenvalue weighted by Crippen LogP contribution is 2.09. The molecule has 1 aromatic rings. The highest BCUT2D eigenvalue weighted by Gasteiger charge is 2.17. The molecule has 7 heteroatoms. The van der Waals surface area contributed by atoms with Crippen LogP contribution in [0, 0.1) is 0 Å². The van der Waals surface area contributed by atoms with Crippen LogP contribution >= 0.6 is 0 Å². The van der Waals surface area contributed by atoms with Crippen molar-refractivity contribution < 1.29 is 13.2 Å². The number of sulfonamides is 1. The van der Waals surface area contributed by atoms with Crippen LogP contribution in [0.2, 0.25) is 0 Å². The second-order valence-corrected chi connectivity index (χ2v) is 5.44. The van der Waals surface area contributed by atoms with Crippen LogP contribution in [0.15, 0.2) is 23.2 Å². The SMILES string of the molecule is COCCC(C)NS(=O)(=O)c1ccc(N)nc1. The summed E-state index contributed by atoms with van der Waals surface area (Å²) in [5.74, 6) is 0.288. The van der Waals surface area contributed by atoms with E-state index in [1.165, 1.54) is 18.3 Å². The number of pyridine rings is 1. The molecule has 0 aliphatic rings. The van der Waals surface area contributed by atoms with E-state index in [-0.39, 0.29) is 16.8 Å². The van der Waals surface area contributed by atoms with Crippen LogP contribution in [0.5, 0.6) is 0 Å². The van der Waals surface area contributed by atoms with Crippen molar-refractivity contribution in [2.24, 2.45) is 0 Å². The average molecular weight is 259 g/mol. The Kier molecular flexibility index (Phi) is 4.86. The van der Waals surface area contributed by atoms with E-state index in [9.17, 15) is 8.42 Å². The smallest absolute Gasteiger partial charge is 0.242 e. The number of nitrogens with one attached hydrogen (secondary N) is 1. The monoisotopic (exact) mass is 259 g/mol. The molecule has 1 unspecified atom stereocenters. The lowest BCUT2D eigenvalue weighted by atomic mass is 10.3. The van der Waals surface area contributed by atoms with E-state index < -0.39 is 10.0 Å². The highest BCUT2D eigenvalue weighted by atomic mass is 32.2. The zero-order valence-electron chi connectivity index (χ0n) is 9.88. The molecule has 0 spiro atoms. The van der Waals surface area contributed by atoms with E-state index in [0.29, 0.717) is 13.0 Å². The normalized spacial score (nSPS) is 13.5. The third-order valence-electron chi connectivity index (χ3n) is 2.18. The number of rotatable bonds is 6. The standard InChI is InChI=1S/C10H17N3O3S/c1-8(5-6-16-2)13-17(14,15)9-3-4-10(11)12-7-9/h3-4,7-8,13H,5-6H2,1-2H3,(H2,11,12). The first kappa shape index (κ1) is 13.9. The minimum Gasteiger partial charge on any atom is -0.385 e. The maximum Gasteiger partial charge on any atom is 0.242 e. The molecule has 0 amide bonds. The van der Waals surface area contributed by atoms with Crippen molar-refractivity contribution in [3.8, 4) is 0 Å². The molecule has 0 saturated carbocycles. The van der Waals surface area contributed by atoms with Gasteiger partial charge in [-0.05, 0) is 25.5 Å². The Morgan fingerprint density at radius 2 is 2.24 bits per heavy atom. The molecular formula is C10H17N3O3S. The van der Waals surface area contributed by atoms with Crippen LogP contribution in [-0.2, 0) is 14.8 Å². The molecule has 6 nitrogen and oxygen atoms in total. The highest BCUT2D eigenvalue weighted by molar-refractivity contribution is 7.89.